The minimum absolute atomic E-state index is 0.204. The molecule has 0 aliphatic carbocycles. The molecule has 0 heterocycles. The monoisotopic (exact) mass is 362 g/mol. The highest BCUT2D eigenvalue weighted by Gasteiger charge is 2.00. The lowest BCUT2D eigenvalue weighted by Crippen LogP contribution is -2.15. The number of nitrogens with one attached hydrogen (secondary N) is 2. The first kappa shape index (κ1) is 19.3. The van der Waals surface area contributed by atoms with Gasteiger partial charge in [-0.05, 0) is 52.9 Å². The van der Waals surface area contributed by atoms with Crippen LogP contribution in [0.5, 0.6) is 0 Å². The van der Waals surface area contributed by atoms with Gasteiger partial charge in [0.1, 0.15) is 5.82 Å². The van der Waals surface area contributed by atoms with Crippen molar-refractivity contribution in [3.63, 3.8) is 0 Å². The van der Waals surface area contributed by atoms with Crippen molar-refractivity contribution >= 4 is 0 Å². The lowest BCUT2D eigenvalue weighted by atomic mass is 10.0. The minimum atomic E-state index is -0.204. The topological polar surface area (TPSA) is 24.1 Å². The van der Waals surface area contributed by atoms with Gasteiger partial charge in [-0.2, -0.15) is 0 Å². The Hall–Kier alpha value is -2.49. The Bertz CT molecular complexity index is 826. The summed E-state index contributed by atoms with van der Waals surface area (Å²) in [6, 6.07) is 23.7. The second-order valence-electron chi connectivity index (χ2n) is 6.80. The molecule has 3 rings (SSSR count). The van der Waals surface area contributed by atoms with E-state index in [2.05, 4.69) is 66.1 Å². The molecule has 3 heteroatoms. The van der Waals surface area contributed by atoms with Crippen molar-refractivity contribution in [2.45, 2.75) is 33.0 Å². The zero-order valence-electron chi connectivity index (χ0n) is 15.8. The van der Waals surface area contributed by atoms with Crippen molar-refractivity contribution in [3.8, 4) is 11.1 Å². The molecule has 0 amide bonds. The van der Waals surface area contributed by atoms with E-state index in [0.29, 0.717) is 0 Å². The van der Waals surface area contributed by atoms with Gasteiger partial charge in [-0.1, -0.05) is 67.6 Å². The summed E-state index contributed by atoms with van der Waals surface area (Å²) in [7, 11) is 0. The van der Waals surface area contributed by atoms with E-state index in [-0.39, 0.29) is 5.82 Å². The molecule has 0 aromatic heterocycles. The lowest BCUT2D eigenvalue weighted by Gasteiger charge is -2.09. The van der Waals surface area contributed by atoms with Gasteiger partial charge in [-0.15, -0.1) is 0 Å². The van der Waals surface area contributed by atoms with Gasteiger partial charge >= 0.3 is 0 Å². The zero-order valence-corrected chi connectivity index (χ0v) is 15.8. The average molecular weight is 362 g/mol. The van der Waals surface area contributed by atoms with E-state index >= 15 is 0 Å². The maximum Gasteiger partial charge on any atom is 0.123 e. The van der Waals surface area contributed by atoms with Crippen molar-refractivity contribution in [1.29, 1.82) is 0 Å². The second kappa shape index (κ2) is 10.0. The molecule has 2 nitrogen and oxygen atoms in total. The van der Waals surface area contributed by atoms with Crippen LogP contribution in [0.1, 0.15) is 30.0 Å². The number of rotatable bonds is 9. The summed E-state index contributed by atoms with van der Waals surface area (Å²) < 4.78 is 13.0. The molecule has 3 aromatic carbocycles. The van der Waals surface area contributed by atoms with Crippen molar-refractivity contribution in [2.24, 2.45) is 0 Å². The molecule has 0 saturated carbocycles. The molecular formula is C24H27FN2. The molecule has 0 bridgehead atoms. The van der Waals surface area contributed by atoms with Crippen LogP contribution in [0.15, 0.2) is 72.8 Å². The summed E-state index contributed by atoms with van der Waals surface area (Å²) >= 11 is 0. The maximum atomic E-state index is 13.0. The normalized spacial score (nSPS) is 10.9. The summed E-state index contributed by atoms with van der Waals surface area (Å²) in [6.45, 7) is 5.83. The van der Waals surface area contributed by atoms with Gasteiger partial charge in [0.2, 0.25) is 0 Å². The summed E-state index contributed by atoms with van der Waals surface area (Å²) in [5, 5.41) is 6.95. The van der Waals surface area contributed by atoms with Crippen LogP contribution in [0.2, 0.25) is 0 Å². The van der Waals surface area contributed by atoms with Gasteiger partial charge in [-0.25, -0.2) is 4.39 Å². The standard InChI is InChI=1S/C24H27FN2/c1-2-14-26-17-20-4-3-5-21(15-20)18-27-16-19-6-8-22(9-7-19)23-10-12-24(25)13-11-23/h3-13,15,26-27H,2,14,16-18H2,1H3. The molecule has 0 radical (unpaired) electrons. The predicted molar refractivity (Wildman–Crippen MR) is 111 cm³/mol. The Morgan fingerprint density at radius 1 is 0.667 bits per heavy atom. The maximum absolute atomic E-state index is 13.0. The fraction of sp³-hybridized carbons (Fsp3) is 0.250. The van der Waals surface area contributed by atoms with Gasteiger partial charge in [0, 0.05) is 19.6 Å². The van der Waals surface area contributed by atoms with E-state index in [1.807, 2.05) is 12.1 Å². The first-order chi connectivity index (χ1) is 13.2. The first-order valence-electron chi connectivity index (χ1n) is 9.59. The zero-order chi connectivity index (χ0) is 18.9. The number of hydrogen-bond donors (Lipinski definition) is 2. The largest absolute Gasteiger partial charge is 0.313 e. The van der Waals surface area contributed by atoms with E-state index in [1.165, 1.54) is 28.8 Å². The first-order valence-corrected chi connectivity index (χ1v) is 9.59. The Balaban J connectivity index is 1.50. The van der Waals surface area contributed by atoms with Crippen LogP contribution in [0.4, 0.5) is 4.39 Å². The van der Waals surface area contributed by atoms with Crippen LogP contribution in [-0.2, 0) is 19.6 Å². The molecule has 2 N–H and O–H groups in total. The minimum Gasteiger partial charge on any atom is -0.313 e. The SMILES string of the molecule is CCCNCc1cccc(CNCc2ccc(-c3ccc(F)cc3)cc2)c1. The highest BCUT2D eigenvalue weighted by Crippen LogP contribution is 2.20. The molecule has 0 spiro atoms. The van der Waals surface area contributed by atoms with Gasteiger partial charge in [-0.3, -0.25) is 0 Å². The lowest BCUT2D eigenvalue weighted by molar-refractivity contribution is 0.628. The van der Waals surface area contributed by atoms with Crippen LogP contribution in [-0.4, -0.2) is 6.54 Å². The van der Waals surface area contributed by atoms with Gasteiger partial charge in [0.25, 0.3) is 0 Å². The quantitative estimate of drug-likeness (QED) is 0.506. The van der Waals surface area contributed by atoms with Crippen LogP contribution in [0.25, 0.3) is 11.1 Å². The number of benzene rings is 3. The number of halogens is 1. The molecule has 140 valence electrons. The molecule has 3 aromatic rings. The van der Waals surface area contributed by atoms with Crippen molar-refractivity contribution in [2.75, 3.05) is 6.54 Å². The van der Waals surface area contributed by atoms with Gasteiger partial charge in [0.15, 0.2) is 0 Å². The molecule has 27 heavy (non-hydrogen) atoms. The van der Waals surface area contributed by atoms with Crippen molar-refractivity contribution < 1.29 is 4.39 Å². The van der Waals surface area contributed by atoms with Crippen molar-refractivity contribution in [3.05, 3.63) is 95.3 Å². The third-order valence-corrected chi connectivity index (χ3v) is 4.54. The summed E-state index contributed by atoms with van der Waals surface area (Å²) in [5.74, 6) is -0.204. The van der Waals surface area contributed by atoms with Gasteiger partial charge < -0.3 is 10.6 Å². The van der Waals surface area contributed by atoms with Crippen LogP contribution >= 0.6 is 0 Å². The van der Waals surface area contributed by atoms with Gasteiger partial charge in [0.05, 0.1) is 0 Å². The third-order valence-electron chi connectivity index (χ3n) is 4.54. The molecular weight excluding hydrogens is 335 g/mol. The average Bonchev–Trinajstić information content (AvgIpc) is 2.70. The Morgan fingerprint density at radius 3 is 1.85 bits per heavy atom. The Morgan fingerprint density at radius 2 is 1.22 bits per heavy atom. The number of hydrogen-bond acceptors (Lipinski definition) is 2. The fourth-order valence-electron chi connectivity index (χ4n) is 3.07. The van der Waals surface area contributed by atoms with Crippen LogP contribution in [0.3, 0.4) is 0 Å². The van der Waals surface area contributed by atoms with E-state index in [1.54, 1.807) is 0 Å². The predicted octanol–water partition coefficient (Wildman–Crippen LogP) is 5.28. The van der Waals surface area contributed by atoms with E-state index in [9.17, 15) is 4.39 Å². The van der Waals surface area contributed by atoms with Crippen molar-refractivity contribution in [1.82, 2.24) is 10.6 Å². The van der Waals surface area contributed by atoms with E-state index < -0.39 is 0 Å². The fourth-order valence-corrected chi connectivity index (χ4v) is 3.07. The summed E-state index contributed by atoms with van der Waals surface area (Å²) in [6.07, 6.45) is 1.15. The Kier molecular flexibility index (Phi) is 7.14. The summed E-state index contributed by atoms with van der Waals surface area (Å²) in [5.41, 5.74) is 6.00. The van der Waals surface area contributed by atoms with E-state index in [4.69, 9.17) is 0 Å². The molecule has 0 unspecified atom stereocenters. The molecule has 0 aliphatic heterocycles. The molecule has 0 fully saturated rings. The van der Waals surface area contributed by atoms with E-state index in [0.717, 1.165) is 43.7 Å². The third kappa shape index (κ3) is 6.02. The summed E-state index contributed by atoms with van der Waals surface area (Å²) in [4.78, 5) is 0. The second-order valence-corrected chi connectivity index (χ2v) is 6.80. The highest BCUT2D eigenvalue weighted by atomic mass is 19.1. The molecule has 0 aliphatic rings. The Labute approximate surface area is 161 Å². The highest BCUT2D eigenvalue weighted by molar-refractivity contribution is 5.63. The molecule has 0 saturated heterocycles. The van der Waals surface area contributed by atoms with Crippen LogP contribution < -0.4 is 10.6 Å². The van der Waals surface area contributed by atoms with Crippen LogP contribution in [0, 0.1) is 5.82 Å². The smallest absolute Gasteiger partial charge is 0.123 e. The molecule has 0 atom stereocenters.